The van der Waals surface area contributed by atoms with Crippen molar-refractivity contribution in [2.24, 2.45) is 0 Å². The molecule has 0 atom stereocenters. The molecule has 1 aliphatic rings. The van der Waals surface area contributed by atoms with E-state index in [-0.39, 0.29) is 0 Å². The molecule has 0 fully saturated rings. The smallest absolute Gasteiger partial charge is 0.155 e. The van der Waals surface area contributed by atoms with E-state index in [1.165, 1.54) is 13.1 Å². The highest BCUT2D eigenvalue weighted by Gasteiger charge is 2.08. The van der Waals surface area contributed by atoms with Gasteiger partial charge in [-0.2, -0.15) is 0 Å². The van der Waals surface area contributed by atoms with Gasteiger partial charge in [0.25, 0.3) is 0 Å². The van der Waals surface area contributed by atoms with Crippen LogP contribution in [0.1, 0.15) is 0 Å². The van der Waals surface area contributed by atoms with E-state index in [0.29, 0.717) is 0 Å². The molecule has 0 bridgehead atoms. The SMILES string of the molecule is C[N+]1=CCN(I)CC1. The van der Waals surface area contributed by atoms with Crippen molar-refractivity contribution in [3.63, 3.8) is 0 Å². The molecule has 0 aromatic heterocycles. The van der Waals surface area contributed by atoms with E-state index in [2.05, 4.69) is 43.8 Å². The number of nitrogens with zero attached hydrogens (tertiary/aromatic N) is 2. The molecular weight excluding hydrogens is 215 g/mol. The second-order valence-corrected chi connectivity index (χ2v) is 3.40. The normalized spacial score (nSPS) is 23.0. The van der Waals surface area contributed by atoms with Crippen molar-refractivity contribution in [1.29, 1.82) is 0 Å². The summed E-state index contributed by atoms with van der Waals surface area (Å²) >= 11 is 2.34. The van der Waals surface area contributed by atoms with E-state index in [1.807, 2.05) is 0 Å². The lowest BCUT2D eigenvalue weighted by Gasteiger charge is -2.12. The van der Waals surface area contributed by atoms with Gasteiger partial charge in [0.1, 0.15) is 7.05 Å². The molecular formula is C5H10IN2+. The van der Waals surface area contributed by atoms with Crippen molar-refractivity contribution in [2.45, 2.75) is 0 Å². The van der Waals surface area contributed by atoms with Crippen molar-refractivity contribution in [1.82, 2.24) is 3.11 Å². The Hall–Kier alpha value is 0.360. The fraction of sp³-hybridized carbons (Fsp3) is 0.800. The van der Waals surface area contributed by atoms with Gasteiger partial charge in [-0.05, 0) is 0 Å². The molecule has 8 heavy (non-hydrogen) atoms. The third-order valence-corrected chi connectivity index (χ3v) is 2.16. The van der Waals surface area contributed by atoms with Crippen LogP contribution in [0, 0.1) is 0 Å². The van der Waals surface area contributed by atoms with Crippen LogP contribution in [0.3, 0.4) is 0 Å². The van der Waals surface area contributed by atoms with Gasteiger partial charge in [-0.3, -0.25) is 0 Å². The van der Waals surface area contributed by atoms with Gasteiger partial charge in [0.15, 0.2) is 12.8 Å². The van der Waals surface area contributed by atoms with Crippen molar-refractivity contribution in [3.05, 3.63) is 0 Å². The Morgan fingerprint density at radius 1 is 1.75 bits per heavy atom. The van der Waals surface area contributed by atoms with Gasteiger partial charge >= 0.3 is 0 Å². The van der Waals surface area contributed by atoms with Gasteiger partial charge in [0.05, 0.1) is 13.1 Å². The fourth-order valence-corrected chi connectivity index (χ4v) is 1.07. The summed E-state index contributed by atoms with van der Waals surface area (Å²) in [5.41, 5.74) is 0. The van der Waals surface area contributed by atoms with Crippen LogP contribution in [0.2, 0.25) is 0 Å². The van der Waals surface area contributed by atoms with Gasteiger partial charge in [0, 0.05) is 22.9 Å². The summed E-state index contributed by atoms with van der Waals surface area (Å²) < 4.78 is 4.51. The number of hydrogen-bond donors (Lipinski definition) is 0. The van der Waals surface area contributed by atoms with Crippen LogP contribution in [-0.2, 0) is 0 Å². The topological polar surface area (TPSA) is 6.25 Å². The summed E-state index contributed by atoms with van der Waals surface area (Å²) in [6, 6.07) is 0. The predicted octanol–water partition coefficient (Wildman–Crippen LogP) is 0.365. The molecule has 2 nitrogen and oxygen atoms in total. The average Bonchev–Trinajstić information content (AvgIpc) is 1.77. The summed E-state index contributed by atoms with van der Waals surface area (Å²) in [6.07, 6.45) is 2.20. The second-order valence-electron chi connectivity index (χ2n) is 2.03. The maximum absolute atomic E-state index is 2.34. The maximum atomic E-state index is 2.34. The van der Waals surface area contributed by atoms with Crippen LogP contribution in [0.15, 0.2) is 0 Å². The molecule has 1 heterocycles. The lowest BCUT2D eigenvalue weighted by molar-refractivity contribution is -0.496. The first-order valence-electron chi connectivity index (χ1n) is 2.73. The Kier molecular flexibility index (Phi) is 2.25. The minimum absolute atomic E-state index is 1.09. The largest absolute Gasteiger partial charge is 0.240 e. The summed E-state index contributed by atoms with van der Waals surface area (Å²) in [5, 5.41) is 0. The van der Waals surface area contributed by atoms with E-state index in [9.17, 15) is 0 Å². The Bertz CT molecular complexity index is 111. The Morgan fingerprint density at radius 2 is 2.50 bits per heavy atom. The predicted molar refractivity (Wildman–Crippen MR) is 42.7 cm³/mol. The summed E-state index contributed by atoms with van der Waals surface area (Å²) in [6.45, 7) is 3.45. The van der Waals surface area contributed by atoms with Gasteiger partial charge in [-0.15, -0.1) is 0 Å². The monoisotopic (exact) mass is 225 g/mol. The average molecular weight is 225 g/mol. The Morgan fingerprint density at radius 3 is 2.88 bits per heavy atom. The molecule has 46 valence electrons. The molecule has 0 radical (unpaired) electrons. The van der Waals surface area contributed by atoms with Crippen LogP contribution >= 0.6 is 22.9 Å². The molecule has 0 saturated carbocycles. The van der Waals surface area contributed by atoms with Crippen molar-refractivity contribution in [3.8, 4) is 0 Å². The number of likely N-dealkylation sites (N-methyl/N-ethyl adjacent to an activating group) is 1. The van der Waals surface area contributed by atoms with Crippen LogP contribution < -0.4 is 0 Å². The first-order chi connectivity index (χ1) is 3.79. The van der Waals surface area contributed by atoms with Gasteiger partial charge in [-0.1, -0.05) is 0 Å². The minimum atomic E-state index is 1.09. The standard InChI is InChI=1S/C5H10IN2/c1-7-2-4-8(6)5-3-7/h2H,3-5H2,1H3/q+1. The van der Waals surface area contributed by atoms with E-state index in [0.717, 1.165) is 6.54 Å². The summed E-state index contributed by atoms with van der Waals surface area (Å²) in [7, 11) is 2.11. The zero-order valence-electron chi connectivity index (χ0n) is 4.97. The molecule has 0 aromatic carbocycles. The highest BCUT2D eigenvalue weighted by atomic mass is 127. The lowest BCUT2D eigenvalue weighted by atomic mass is 10.5. The fourth-order valence-electron chi connectivity index (χ4n) is 0.677. The molecule has 1 rings (SSSR count). The molecule has 0 unspecified atom stereocenters. The van der Waals surface area contributed by atoms with Crippen molar-refractivity contribution < 1.29 is 4.58 Å². The molecule has 3 heteroatoms. The van der Waals surface area contributed by atoms with Crippen LogP contribution in [0.5, 0.6) is 0 Å². The zero-order chi connectivity index (χ0) is 5.98. The van der Waals surface area contributed by atoms with Crippen LogP contribution in [0.4, 0.5) is 0 Å². The first-order valence-corrected chi connectivity index (χ1v) is 3.70. The molecule has 0 N–H and O–H groups in total. The summed E-state index contributed by atoms with van der Waals surface area (Å²) in [4.78, 5) is 0. The summed E-state index contributed by atoms with van der Waals surface area (Å²) in [5.74, 6) is 0. The van der Waals surface area contributed by atoms with E-state index in [1.54, 1.807) is 0 Å². The lowest BCUT2D eigenvalue weighted by Crippen LogP contribution is -2.31. The molecule has 0 spiro atoms. The van der Waals surface area contributed by atoms with Gasteiger partial charge in [0.2, 0.25) is 0 Å². The number of rotatable bonds is 0. The second kappa shape index (κ2) is 2.77. The molecule has 1 aliphatic heterocycles. The minimum Gasteiger partial charge on any atom is -0.240 e. The first kappa shape index (κ1) is 6.48. The molecule has 0 aliphatic carbocycles. The molecule has 0 amide bonds. The highest BCUT2D eigenvalue weighted by Crippen LogP contribution is 1.97. The maximum Gasteiger partial charge on any atom is 0.155 e. The van der Waals surface area contributed by atoms with Gasteiger partial charge < -0.3 is 0 Å². The van der Waals surface area contributed by atoms with Gasteiger partial charge in [-0.25, -0.2) is 7.69 Å². The van der Waals surface area contributed by atoms with Crippen molar-refractivity contribution in [2.75, 3.05) is 26.7 Å². The Labute approximate surface area is 63.7 Å². The van der Waals surface area contributed by atoms with E-state index < -0.39 is 0 Å². The zero-order valence-corrected chi connectivity index (χ0v) is 7.13. The molecule has 0 saturated heterocycles. The van der Waals surface area contributed by atoms with E-state index >= 15 is 0 Å². The van der Waals surface area contributed by atoms with Crippen LogP contribution in [-0.4, -0.2) is 40.6 Å². The number of hydrogen-bond acceptors (Lipinski definition) is 1. The third kappa shape index (κ3) is 1.70. The third-order valence-electron chi connectivity index (χ3n) is 1.29. The van der Waals surface area contributed by atoms with Crippen molar-refractivity contribution >= 4 is 29.1 Å². The van der Waals surface area contributed by atoms with E-state index in [4.69, 9.17) is 0 Å². The number of halogens is 1. The highest BCUT2D eigenvalue weighted by molar-refractivity contribution is 14.1. The molecule has 0 aromatic rings. The Balaban J connectivity index is 2.42. The van der Waals surface area contributed by atoms with Crippen LogP contribution in [0.25, 0.3) is 0 Å². The quantitative estimate of drug-likeness (QED) is 0.328.